The maximum atomic E-state index is 13.6. The van der Waals surface area contributed by atoms with Crippen LogP contribution in [0.5, 0.6) is 17.2 Å². The molecule has 3 aromatic carbocycles. The molecule has 10 nitrogen and oxygen atoms in total. The van der Waals surface area contributed by atoms with Gasteiger partial charge in [-0.1, -0.05) is 36.4 Å². The summed E-state index contributed by atoms with van der Waals surface area (Å²) in [5.74, 6) is -0.902. The highest BCUT2D eigenvalue weighted by Gasteiger charge is 2.31. The lowest BCUT2D eigenvalue weighted by molar-refractivity contribution is -0.121. The summed E-state index contributed by atoms with van der Waals surface area (Å²) in [5, 5.41) is 26.1. The van der Waals surface area contributed by atoms with E-state index >= 15 is 0 Å². The number of carbonyl (C=O) groups excluding carboxylic acids is 3. The standard InChI is InChI=1S/C38H43N3O7/c1-24-10-8-13-27(42)12-5-3-4-11-26-22-32(43)36(37(45)35(26)38(46)48-24)29(25-17-19-28(47-2)20-18-25)23-34(44)39-21-9-16-33-40-30-14-6-7-15-31(30)41-33/h4,6-7,11,14-15,17-20,22,24,29,43,45H,3,5,8-10,12-13,16,21,23H2,1-2H3,(H,39,44)(H,40,41)/t24-,29?/m0/s1. The lowest BCUT2D eigenvalue weighted by Crippen LogP contribution is -2.27. The van der Waals surface area contributed by atoms with Crippen molar-refractivity contribution in [2.75, 3.05) is 13.7 Å². The summed E-state index contributed by atoms with van der Waals surface area (Å²) in [6.45, 7) is 2.15. The number of cyclic esters (lactones) is 1. The highest BCUT2D eigenvalue weighted by molar-refractivity contribution is 5.98. The van der Waals surface area contributed by atoms with Gasteiger partial charge in [0.15, 0.2) is 0 Å². The number of ketones is 1. The average molecular weight is 654 g/mol. The van der Waals surface area contributed by atoms with E-state index in [9.17, 15) is 24.6 Å². The molecule has 0 bridgehead atoms. The SMILES string of the molecule is COc1ccc(C(CC(=O)NCCCc2nc3ccccc3[nH]2)c2c(O)cc3c(c2O)C(=O)O[C@@H](C)CCCC(=O)CCCC=C3)cc1. The number of H-pyrrole nitrogens is 1. The number of rotatable bonds is 9. The fourth-order valence-electron chi connectivity index (χ4n) is 6.11. The first-order chi connectivity index (χ1) is 23.2. The number of allylic oxidation sites excluding steroid dienone is 1. The summed E-state index contributed by atoms with van der Waals surface area (Å²) in [6, 6.07) is 16.2. The summed E-state index contributed by atoms with van der Waals surface area (Å²) in [6.07, 6.45) is 7.39. The second-order valence-electron chi connectivity index (χ2n) is 12.2. The van der Waals surface area contributed by atoms with Crippen molar-refractivity contribution in [3.05, 3.63) is 88.8 Å². The number of imidazole rings is 1. The quantitative estimate of drug-likeness (QED) is 0.115. The third-order valence-corrected chi connectivity index (χ3v) is 8.66. The molecule has 0 saturated carbocycles. The zero-order chi connectivity index (χ0) is 34.0. The van der Waals surface area contributed by atoms with Crippen LogP contribution >= 0.6 is 0 Å². The van der Waals surface area contributed by atoms with Crippen molar-refractivity contribution >= 4 is 34.8 Å². The maximum absolute atomic E-state index is 13.6. The lowest BCUT2D eigenvalue weighted by Gasteiger charge is -2.23. The number of amides is 1. The van der Waals surface area contributed by atoms with Crippen molar-refractivity contribution in [3.63, 3.8) is 0 Å². The smallest absolute Gasteiger partial charge is 0.342 e. The number of hydrogen-bond acceptors (Lipinski definition) is 8. The molecule has 48 heavy (non-hydrogen) atoms. The number of aryl methyl sites for hydroxylation is 1. The van der Waals surface area contributed by atoms with Crippen molar-refractivity contribution < 1.29 is 34.1 Å². The Bertz CT molecular complexity index is 1740. The van der Waals surface area contributed by atoms with Crippen molar-refractivity contribution in [3.8, 4) is 17.2 Å². The summed E-state index contributed by atoms with van der Waals surface area (Å²) < 4.78 is 11.0. The number of aromatic nitrogens is 2. The molecule has 2 heterocycles. The number of ether oxygens (including phenoxy) is 2. The van der Waals surface area contributed by atoms with Crippen LogP contribution in [0.4, 0.5) is 0 Å². The number of phenols is 2. The molecule has 1 aliphatic rings. The predicted octanol–water partition coefficient (Wildman–Crippen LogP) is 6.74. The fraction of sp³-hybridized carbons (Fsp3) is 0.368. The number of Topliss-reactive ketones (excluding diaryl/α,β-unsaturated/α-hetero) is 1. The zero-order valence-electron chi connectivity index (χ0n) is 27.5. The Morgan fingerprint density at radius 2 is 1.88 bits per heavy atom. The van der Waals surface area contributed by atoms with E-state index in [1.54, 1.807) is 44.4 Å². The Labute approximate surface area is 280 Å². The van der Waals surface area contributed by atoms with Crippen LogP contribution in [0.25, 0.3) is 17.1 Å². The number of carbonyl (C=O) groups is 3. The van der Waals surface area contributed by atoms with Crippen LogP contribution in [0.3, 0.4) is 0 Å². The molecule has 252 valence electrons. The van der Waals surface area contributed by atoms with Gasteiger partial charge < -0.3 is 30.0 Å². The lowest BCUT2D eigenvalue weighted by atomic mass is 9.84. The van der Waals surface area contributed by atoms with E-state index in [1.807, 2.05) is 30.3 Å². The molecule has 0 fully saturated rings. The van der Waals surface area contributed by atoms with Gasteiger partial charge >= 0.3 is 5.97 Å². The first-order valence-electron chi connectivity index (χ1n) is 16.6. The van der Waals surface area contributed by atoms with Crippen molar-refractivity contribution in [2.24, 2.45) is 0 Å². The van der Waals surface area contributed by atoms with E-state index in [4.69, 9.17) is 9.47 Å². The largest absolute Gasteiger partial charge is 0.507 e. The third kappa shape index (κ3) is 8.61. The average Bonchev–Trinajstić information content (AvgIpc) is 3.48. The normalized spacial score (nSPS) is 16.5. The van der Waals surface area contributed by atoms with Crippen molar-refractivity contribution in [1.29, 1.82) is 0 Å². The molecular formula is C38H43N3O7. The second kappa shape index (κ2) is 16.1. The zero-order valence-corrected chi connectivity index (χ0v) is 27.5. The number of aromatic hydroxyl groups is 2. The van der Waals surface area contributed by atoms with E-state index in [2.05, 4.69) is 15.3 Å². The highest BCUT2D eigenvalue weighted by Crippen LogP contribution is 2.44. The summed E-state index contributed by atoms with van der Waals surface area (Å²) >= 11 is 0. The van der Waals surface area contributed by atoms with E-state index < -0.39 is 23.7 Å². The number of aromatic amines is 1. The molecule has 5 rings (SSSR count). The summed E-state index contributed by atoms with van der Waals surface area (Å²) in [5.41, 5.74) is 2.76. The third-order valence-electron chi connectivity index (χ3n) is 8.66. The summed E-state index contributed by atoms with van der Waals surface area (Å²) in [7, 11) is 1.55. The molecular weight excluding hydrogens is 610 g/mol. The van der Waals surface area contributed by atoms with E-state index in [1.165, 1.54) is 6.07 Å². The molecule has 0 spiro atoms. The number of benzene rings is 3. The van der Waals surface area contributed by atoms with Crippen LogP contribution in [-0.4, -0.2) is 57.6 Å². The van der Waals surface area contributed by atoms with Gasteiger partial charge in [0.25, 0.3) is 0 Å². The van der Waals surface area contributed by atoms with Gasteiger partial charge in [-0.25, -0.2) is 9.78 Å². The van der Waals surface area contributed by atoms with Gasteiger partial charge in [-0.2, -0.15) is 0 Å². The number of nitrogens with one attached hydrogen (secondary N) is 2. The molecule has 1 aromatic heterocycles. The fourth-order valence-corrected chi connectivity index (χ4v) is 6.11. The van der Waals surface area contributed by atoms with Crippen molar-refractivity contribution in [2.45, 2.75) is 76.7 Å². The molecule has 2 atom stereocenters. The molecule has 4 aromatic rings. The molecule has 1 aliphatic heterocycles. The van der Waals surface area contributed by atoms with E-state index in [0.29, 0.717) is 69.2 Å². The number of esters is 1. The van der Waals surface area contributed by atoms with Gasteiger partial charge in [0.2, 0.25) is 5.91 Å². The van der Waals surface area contributed by atoms with E-state index in [-0.39, 0.29) is 40.6 Å². The Morgan fingerprint density at radius 3 is 2.65 bits per heavy atom. The van der Waals surface area contributed by atoms with Crippen LogP contribution in [0, 0.1) is 0 Å². The van der Waals surface area contributed by atoms with E-state index in [0.717, 1.165) is 16.9 Å². The first-order valence-corrected chi connectivity index (χ1v) is 16.6. The van der Waals surface area contributed by atoms with Gasteiger partial charge in [0, 0.05) is 43.7 Å². The van der Waals surface area contributed by atoms with Gasteiger partial charge in [0.05, 0.1) is 24.2 Å². The minimum Gasteiger partial charge on any atom is -0.507 e. The minimum absolute atomic E-state index is 0.0565. The van der Waals surface area contributed by atoms with Crippen LogP contribution in [0.2, 0.25) is 0 Å². The maximum Gasteiger partial charge on any atom is 0.342 e. The monoisotopic (exact) mass is 653 g/mol. The van der Waals surface area contributed by atoms with Crippen LogP contribution in [0.1, 0.15) is 97.1 Å². The summed E-state index contributed by atoms with van der Waals surface area (Å²) in [4.78, 5) is 47.0. The number of phenolic OH excluding ortho intramolecular Hbond substituents is 2. The highest BCUT2D eigenvalue weighted by atomic mass is 16.5. The molecule has 0 radical (unpaired) electrons. The Kier molecular flexibility index (Phi) is 11.5. The number of methoxy groups -OCH3 is 1. The Balaban J connectivity index is 1.41. The van der Waals surface area contributed by atoms with Crippen molar-refractivity contribution in [1.82, 2.24) is 15.3 Å². The number of nitrogens with zero attached hydrogens (tertiary/aromatic N) is 1. The van der Waals surface area contributed by atoms with Gasteiger partial charge in [-0.05, 0) is 80.5 Å². The molecule has 1 amide bonds. The number of fused-ring (bicyclic) bond motifs is 2. The Hall–Kier alpha value is -5.12. The minimum atomic E-state index is -0.801. The first kappa shape index (κ1) is 34.2. The molecule has 4 N–H and O–H groups in total. The molecule has 1 unspecified atom stereocenters. The number of hydrogen-bond donors (Lipinski definition) is 4. The molecule has 0 saturated heterocycles. The van der Waals surface area contributed by atoms with Crippen LogP contribution in [0.15, 0.2) is 60.7 Å². The van der Waals surface area contributed by atoms with Crippen LogP contribution < -0.4 is 10.1 Å². The van der Waals surface area contributed by atoms with Gasteiger partial charge in [-0.15, -0.1) is 0 Å². The van der Waals surface area contributed by atoms with Gasteiger partial charge in [-0.3, -0.25) is 9.59 Å². The second-order valence-corrected chi connectivity index (χ2v) is 12.2. The van der Waals surface area contributed by atoms with Gasteiger partial charge in [0.1, 0.15) is 34.4 Å². The van der Waals surface area contributed by atoms with Crippen LogP contribution in [-0.2, 0) is 20.7 Å². The molecule has 10 heteroatoms. The Morgan fingerprint density at radius 1 is 1.10 bits per heavy atom. The molecule has 0 aliphatic carbocycles. The number of para-hydroxylation sites is 2. The predicted molar refractivity (Wildman–Crippen MR) is 183 cm³/mol. The topological polar surface area (TPSA) is 151 Å².